The molecule has 2 fully saturated rings. The summed E-state index contributed by atoms with van der Waals surface area (Å²) >= 11 is 0. The first-order valence-electron chi connectivity index (χ1n) is 9.72. The van der Waals surface area contributed by atoms with Gasteiger partial charge in [0, 0.05) is 31.6 Å². The molecule has 1 spiro atoms. The Morgan fingerprint density at radius 3 is 2.25 bits per heavy atom. The van der Waals surface area contributed by atoms with Gasteiger partial charge in [-0.1, -0.05) is 17.7 Å². The second-order valence-corrected chi connectivity index (χ2v) is 7.60. The number of nitrogens with one attached hydrogen (secondary N) is 1. The smallest absolute Gasteiger partial charge is 0.274 e. The van der Waals surface area contributed by atoms with E-state index < -0.39 is 5.79 Å². The van der Waals surface area contributed by atoms with Gasteiger partial charge < -0.3 is 19.7 Å². The fourth-order valence-electron chi connectivity index (χ4n) is 4.02. The highest BCUT2D eigenvalue weighted by molar-refractivity contribution is 5.92. The molecule has 0 aliphatic carbocycles. The quantitative estimate of drug-likeness (QED) is 0.879. The highest BCUT2D eigenvalue weighted by Crippen LogP contribution is 2.31. The summed E-state index contributed by atoms with van der Waals surface area (Å²) in [4.78, 5) is 14.5. The molecule has 7 heteroatoms. The third kappa shape index (κ3) is 3.72. The molecule has 1 aromatic heterocycles. The molecule has 0 radical (unpaired) electrons. The van der Waals surface area contributed by atoms with Crippen LogP contribution in [0.15, 0.2) is 24.3 Å². The average Bonchev–Trinajstić information content (AvgIpc) is 3.13. The van der Waals surface area contributed by atoms with Crippen molar-refractivity contribution in [2.24, 2.45) is 0 Å². The number of amides is 1. The largest absolute Gasteiger partial charge is 0.347 e. The van der Waals surface area contributed by atoms with Gasteiger partial charge >= 0.3 is 0 Å². The summed E-state index contributed by atoms with van der Waals surface area (Å²) in [5, 5.41) is 11.7. The number of carbonyl (C=O) groups excluding carboxylic acids is 1. The molecule has 1 amide bonds. The third-order valence-electron chi connectivity index (χ3n) is 5.44. The lowest BCUT2D eigenvalue weighted by molar-refractivity contribution is -0.181. The van der Waals surface area contributed by atoms with Gasteiger partial charge in [0.15, 0.2) is 17.3 Å². The van der Waals surface area contributed by atoms with Crippen molar-refractivity contribution in [1.82, 2.24) is 15.1 Å². The van der Waals surface area contributed by atoms with Crippen LogP contribution in [-0.2, 0) is 9.47 Å². The number of aryl methyl sites for hydroxylation is 3. The van der Waals surface area contributed by atoms with Gasteiger partial charge in [0.2, 0.25) is 0 Å². The van der Waals surface area contributed by atoms with Crippen LogP contribution >= 0.6 is 0 Å². The van der Waals surface area contributed by atoms with Crippen LogP contribution in [-0.4, -0.2) is 53.1 Å². The molecular weight excluding hydrogens is 356 g/mol. The number of benzene rings is 1. The lowest BCUT2D eigenvalue weighted by atomic mass is 10.0. The predicted molar refractivity (Wildman–Crippen MR) is 106 cm³/mol. The van der Waals surface area contributed by atoms with Crippen molar-refractivity contribution in [1.29, 1.82) is 0 Å². The molecule has 148 valence electrons. The van der Waals surface area contributed by atoms with E-state index in [9.17, 15) is 4.79 Å². The monoisotopic (exact) mass is 382 g/mol. The second kappa shape index (κ2) is 7.48. The van der Waals surface area contributed by atoms with E-state index in [0.717, 1.165) is 16.8 Å². The van der Waals surface area contributed by atoms with Crippen LogP contribution in [0.2, 0.25) is 0 Å². The summed E-state index contributed by atoms with van der Waals surface area (Å²) < 4.78 is 11.4. The van der Waals surface area contributed by atoms with Crippen LogP contribution in [0.25, 0.3) is 0 Å². The molecule has 0 saturated carbocycles. The Morgan fingerprint density at radius 1 is 1.04 bits per heavy atom. The van der Waals surface area contributed by atoms with E-state index in [1.165, 1.54) is 5.56 Å². The van der Waals surface area contributed by atoms with Gasteiger partial charge in [0.25, 0.3) is 5.91 Å². The summed E-state index contributed by atoms with van der Waals surface area (Å²) in [5.41, 5.74) is 4.91. The van der Waals surface area contributed by atoms with Crippen LogP contribution < -0.4 is 5.32 Å². The maximum Gasteiger partial charge on any atom is 0.274 e. The number of carbonyl (C=O) groups is 1. The molecule has 2 saturated heterocycles. The molecule has 2 aliphatic heterocycles. The van der Waals surface area contributed by atoms with Crippen molar-refractivity contribution >= 4 is 17.4 Å². The fraction of sp³-hybridized carbons (Fsp3) is 0.476. The van der Waals surface area contributed by atoms with Crippen molar-refractivity contribution in [3.05, 3.63) is 46.6 Å². The summed E-state index contributed by atoms with van der Waals surface area (Å²) in [6.45, 7) is 8.67. The van der Waals surface area contributed by atoms with E-state index in [1.54, 1.807) is 17.0 Å². The van der Waals surface area contributed by atoms with Gasteiger partial charge in [-0.25, -0.2) is 0 Å². The van der Waals surface area contributed by atoms with Gasteiger partial charge in [-0.2, -0.15) is 0 Å². The number of nitrogens with zero attached hydrogens (tertiary/aromatic N) is 3. The zero-order chi connectivity index (χ0) is 19.7. The molecule has 2 aromatic rings. The zero-order valence-corrected chi connectivity index (χ0v) is 16.6. The van der Waals surface area contributed by atoms with Gasteiger partial charge in [-0.05, 0) is 44.0 Å². The molecule has 0 unspecified atom stereocenters. The van der Waals surface area contributed by atoms with Crippen molar-refractivity contribution in [2.75, 3.05) is 31.6 Å². The Kier molecular flexibility index (Phi) is 5.03. The lowest BCUT2D eigenvalue weighted by Crippen LogP contribution is -2.47. The minimum atomic E-state index is -0.486. The van der Waals surface area contributed by atoms with Crippen molar-refractivity contribution in [2.45, 2.75) is 39.4 Å². The first-order valence-corrected chi connectivity index (χ1v) is 9.72. The normalized spacial score (nSPS) is 18.5. The summed E-state index contributed by atoms with van der Waals surface area (Å²) in [7, 11) is 0. The Labute approximate surface area is 165 Å². The maximum absolute atomic E-state index is 12.7. The maximum atomic E-state index is 12.7. The van der Waals surface area contributed by atoms with Crippen molar-refractivity contribution in [3.8, 4) is 0 Å². The number of piperidine rings is 1. The Morgan fingerprint density at radius 2 is 1.68 bits per heavy atom. The van der Waals surface area contributed by atoms with E-state index >= 15 is 0 Å². The standard InChI is InChI=1S/C21H26N4O3/c1-14-12-15(2)19(16(3)13-14)22-18-5-4-17(23-24-18)20(26)25-8-6-21(7-9-25)27-10-11-28-21/h4-5,12-13H,6-11H2,1-3H3,(H,22,24). The average molecular weight is 382 g/mol. The van der Waals surface area contributed by atoms with E-state index in [4.69, 9.17) is 9.47 Å². The first-order chi connectivity index (χ1) is 13.5. The molecule has 7 nitrogen and oxygen atoms in total. The minimum Gasteiger partial charge on any atom is -0.347 e. The summed E-state index contributed by atoms with van der Waals surface area (Å²) in [6, 6.07) is 7.78. The van der Waals surface area contributed by atoms with E-state index in [-0.39, 0.29) is 5.91 Å². The number of hydrogen-bond donors (Lipinski definition) is 1. The summed E-state index contributed by atoms with van der Waals surface area (Å²) in [5.74, 6) is 0.0338. The number of rotatable bonds is 3. The molecular formula is C21H26N4O3. The van der Waals surface area contributed by atoms with Gasteiger partial charge in [0.05, 0.1) is 13.2 Å². The number of hydrogen-bond acceptors (Lipinski definition) is 6. The van der Waals surface area contributed by atoms with E-state index in [0.29, 0.717) is 50.7 Å². The molecule has 1 N–H and O–H groups in total. The fourth-order valence-corrected chi connectivity index (χ4v) is 4.02. The number of likely N-dealkylation sites (tertiary alicyclic amines) is 1. The Bertz CT molecular complexity index is 843. The van der Waals surface area contributed by atoms with E-state index in [2.05, 4.69) is 48.4 Å². The molecule has 1 aromatic carbocycles. The molecule has 28 heavy (non-hydrogen) atoms. The van der Waals surface area contributed by atoms with Crippen LogP contribution in [0, 0.1) is 20.8 Å². The first kappa shape index (κ1) is 18.8. The SMILES string of the molecule is Cc1cc(C)c(Nc2ccc(C(=O)N3CCC4(CC3)OCCO4)nn2)c(C)c1. The Balaban J connectivity index is 1.41. The minimum absolute atomic E-state index is 0.102. The highest BCUT2D eigenvalue weighted by Gasteiger charge is 2.41. The van der Waals surface area contributed by atoms with Crippen molar-refractivity contribution < 1.29 is 14.3 Å². The van der Waals surface area contributed by atoms with Crippen LogP contribution in [0.5, 0.6) is 0 Å². The van der Waals surface area contributed by atoms with Crippen LogP contribution in [0.3, 0.4) is 0 Å². The number of anilines is 2. The van der Waals surface area contributed by atoms with Crippen LogP contribution in [0.1, 0.15) is 40.0 Å². The molecule has 0 bridgehead atoms. The topological polar surface area (TPSA) is 76.6 Å². The van der Waals surface area contributed by atoms with Gasteiger partial charge in [-0.15, -0.1) is 10.2 Å². The van der Waals surface area contributed by atoms with Crippen molar-refractivity contribution in [3.63, 3.8) is 0 Å². The predicted octanol–water partition coefficient (Wildman–Crippen LogP) is 3.12. The van der Waals surface area contributed by atoms with Crippen LogP contribution in [0.4, 0.5) is 11.5 Å². The molecule has 3 heterocycles. The third-order valence-corrected chi connectivity index (χ3v) is 5.44. The van der Waals surface area contributed by atoms with Gasteiger partial charge in [-0.3, -0.25) is 4.79 Å². The van der Waals surface area contributed by atoms with Gasteiger partial charge in [0.1, 0.15) is 0 Å². The highest BCUT2D eigenvalue weighted by atomic mass is 16.7. The Hall–Kier alpha value is -2.51. The zero-order valence-electron chi connectivity index (χ0n) is 16.6. The molecule has 0 atom stereocenters. The van der Waals surface area contributed by atoms with E-state index in [1.807, 2.05) is 0 Å². The summed E-state index contributed by atoms with van der Waals surface area (Å²) in [6.07, 6.45) is 1.38. The second-order valence-electron chi connectivity index (χ2n) is 7.60. The number of aromatic nitrogens is 2. The molecule has 2 aliphatic rings. The number of ether oxygens (including phenoxy) is 2. The lowest BCUT2D eigenvalue weighted by Gasteiger charge is -2.37. The molecule has 4 rings (SSSR count).